The van der Waals surface area contributed by atoms with Crippen LogP contribution in [0.2, 0.25) is 0 Å². The summed E-state index contributed by atoms with van der Waals surface area (Å²) in [4.78, 5) is 23.4. The highest BCUT2D eigenvalue weighted by atomic mass is 16.5. The van der Waals surface area contributed by atoms with E-state index in [1.54, 1.807) is 24.3 Å². The molecular weight excluding hydrogens is 288 g/mol. The summed E-state index contributed by atoms with van der Waals surface area (Å²) in [6.45, 7) is 2.47. The fourth-order valence-electron chi connectivity index (χ4n) is 1.87. The van der Waals surface area contributed by atoms with Crippen molar-refractivity contribution < 1.29 is 23.8 Å². The molecule has 0 radical (unpaired) electrons. The number of ether oxygens (including phenoxy) is 3. The molecule has 2 aromatic rings. The van der Waals surface area contributed by atoms with Crippen molar-refractivity contribution in [2.24, 2.45) is 0 Å². The van der Waals surface area contributed by atoms with Gasteiger partial charge in [0.05, 0.1) is 26.5 Å². The molecule has 116 valence electrons. The Kier molecular flexibility index (Phi) is 4.77. The van der Waals surface area contributed by atoms with E-state index < -0.39 is 11.9 Å². The highest BCUT2D eigenvalue weighted by Crippen LogP contribution is 2.18. The number of nitrogens with zero attached hydrogens (tertiary/aromatic N) is 2. The molecule has 0 fully saturated rings. The van der Waals surface area contributed by atoms with Crippen LogP contribution in [0.4, 0.5) is 0 Å². The van der Waals surface area contributed by atoms with Gasteiger partial charge in [0.2, 0.25) is 0 Å². The van der Waals surface area contributed by atoms with Crippen LogP contribution in [0.15, 0.2) is 30.5 Å². The minimum Gasteiger partial charge on any atom is -0.494 e. The number of hydrogen-bond donors (Lipinski definition) is 0. The lowest BCUT2D eigenvalue weighted by Crippen LogP contribution is -2.10. The monoisotopic (exact) mass is 304 g/mol. The first-order valence-electron chi connectivity index (χ1n) is 6.60. The van der Waals surface area contributed by atoms with Crippen molar-refractivity contribution in [2.75, 3.05) is 20.8 Å². The third kappa shape index (κ3) is 3.08. The average molecular weight is 304 g/mol. The highest BCUT2D eigenvalue weighted by molar-refractivity contribution is 6.01. The molecule has 22 heavy (non-hydrogen) atoms. The fourth-order valence-corrected chi connectivity index (χ4v) is 1.87. The Balaban J connectivity index is 2.41. The molecule has 2 rings (SSSR count). The molecule has 0 aliphatic carbocycles. The molecule has 1 aromatic carbocycles. The number of carbonyl (C=O) groups is 2. The summed E-state index contributed by atoms with van der Waals surface area (Å²) in [5.74, 6) is -0.637. The number of esters is 2. The fraction of sp³-hybridized carbons (Fsp3) is 0.267. The molecule has 0 aliphatic rings. The molecule has 0 spiro atoms. The van der Waals surface area contributed by atoms with Gasteiger partial charge in [-0.1, -0.05) is 0 Å². The molecule has 0 unspecified atom stereocenters. The molecule has 1 heterocycles. The predicted molar refractivity (Wildman–Crippen MR) is 77.4 cm³/mol. The number of methoxy groups -OCH3 is 2. The molecule has 0 saturated heterocycles. The number of hydrogen-bond acceptors (Lipinski definition) is 6. The zero-order valence-electron chi connectivity index (χ0n) is 12.5. The maximum atomic E-state index is 11.7. The first-order chi connectivity index (χ1) is 10.6. The van der Waals surface area contributed by atoms with Crippen molar-refractivity contribution in [2.45, 2.75) is 6.92 Å². The molecule has 7 nitrogen and oxygen atoms in total. The maximum absolute atomic E-state index is 11.7. The van der Waals surface area contributed by atoms with Crippen molar-refractivity contribution >= 4 is 11.9 Å². The Bertz CT molecular complexity index is 642. The van der Waals surface area contributed by atoms with Crippen molar-refractivity contribution in [1.29, 1.82) is 0 Å². The number of benzene rings is 1. The van der Waals surface area contributed by atoms with Crippen LogP contribution < -0.4 is 4.74 Å². The van der Waals surface area contributed by atoms with Crippen molar-refractivity contribution in [3.05, 3.63) is 41.7 Å². The third-order valence-electron chi connectivity index (χ3n) is 2.91. The van der Waals surface area contributed by atoms with Crippen molar-refractivity contribution in [1.82, 2.24) is 9.78 Å². The third-order valence-corrected chi connectivity index (χ3v) is 2.91. The van der Waals surface area contributed by atoms with Gasteiger partial charge in [0, 0.05) is 6.20 Å². The van der Waals surface area contributed by atoms with Crippen LogP contribution >= 0.6 is 0 Å². The van der Waals surface area contributed by atoms with E-state index in [1.165, 1.54) is 25.1 Å². The quantitative estimate of drug-likeness (QED) is 0.784. The zero-order chi connectivity index (χ0) is 16.1. The van der Waals surface area contributed by atoms with Crippen LogP contribution in [-0.4, -0.2) is 42.5 Å². The van der Waals surface area contributed by atoms with Gasteiger partial charge in [0.15, 0.2) is 5.69 Å². The lowest BCUT2D eigenvalue weighted by atomic mass is 10.2. The summed E-state index contributed by atoms with van der Waals surface area (Å²) in [5.41, 5.74) is 0.621. The predicted octanol–water partition coefficient (Wildman–Crippen LogP) is 1.84. The minimum atomic E-state index is -0.704. The molecule has 0 aliphatic heterocycles. The summed E-state index contributed by atoms with van der Waals surface area (Å²) in [6, 6.07) is 7.08. The summed E-state index contributed by atoms with van der Waals surface area (Å²) in [7, 11) is 2.46. The van der Waals surface area contributed by atoms with Gasteiger partial charge in [-0.05, 0) is 31.2 Å². The number of rotatable bonds is 5. The molecule has 0 saturated carbocycles. The Morgan fingerprint density at radius 1 is 1.09 bits per heavy atom. The summed E-state index contributed by atoms with van der Waals surface area (Å²) < 4.78 is 16.1. The molecule has 0 amide bonds. The minimum absolute atomic E-state index is 0.0447. The van der Waals surface area contributed by atoms with Gasteiger partial charge >= 0.3 is 11.9 Å². The standard InChI is InChI=1S/C15H16N2O5/c1-4-22-11-7-5-10(6-8-11)17-9-12(14(18)20-2)13(16-17)15(19)21-3/h5-9H,4H2,1-3H3. The Morgan fingerprint density at radius 3 is 2.27 bits per heavy atom. The van der Waals surface area contributed by atoms with Crippen LogP contribution in [0, 0.1) is 0 Å². The molecular formula is C15H16N2O5. The summed E-state index contributed by atoms with van der Waals surface area (Å²) in [5, 5.41) is 4.10. The summed E-state index contributed by atoms with van der Waals surface area (Å²) in [6.07, 6.45) is 1.42. The van der Waals surface area contributed by atoms with E-state index in [2.05, 4.69) is 14.6 Å². The smallest absolute Gasteiger partial charge is 0.359 e. The first kappa shape index (κ1) is 15.6. The second kappa shape index (κ2) is 6.75. The van der Waals surface area contributed by atoms with Gasteiger partial charge in [0.25, 0.3) is 0 Å². The van der Waals surface area contributed by atoms with Crippen LogP contribution in [0.3, 0.4) is 0 Å². The highest BCUT2D eigenvalue weighted by Gasteiger charge is 2.23. The van der Waals surface area contributed by atoms with E-state index in [1.807, 2.05) is 6.92 Å². The molecule has 0 N–H and O–H groups in total. The number of carbonyl (C=O) groups excluding carboxylic acids is 2. The van der Waals surface area contributed by atoms with E-state index >= 15 is 0 Å². The van der Waals surface area contributed by atoms with E-state index in [4.69, 9.17) is 4.74 Å². The molecule has 1 aromatic heterocycles. The molecule has 0 bridgehead atoms. The van der Waals surface area contributed by atoms with Crippen molar-refractivity contribution in [3.8, 4) is 11.4 Å². The average Bonchev–Trinajstić information content (AvgIpc) is 2.99. The van der Waals surface area contributed by atoms with Gasteiger partial charge in [-0.3, -0.25) is 0 Å². The van der Waals surface area contributed by atoms with E-state index in [9.17, 15) is 9.59 Å². The second-order valence-electron chi connectivity index (χ2n) is 4.25. The lowest BCUT2D eigenvalue weighted by molar-refractivity contribution is 0.0552. The normalized spacial score (nSPS) is 10.1. The SMILES string of the molecule is CCOc1ccc(-n2cc(C(=O)OC)c(C(=O)OC)n2)cc1. The van der Waals surface area contributed by atoms with Crippen LogP contribution in [-0.2, 0) is 9.47 Å². The molecule has 0 atom stereocenters. The van der Waals surface area contributed by atoms with Gasteiger partial charge in [-0.15, -0.1) is 0 Å². The van der Waals surface area contributed by atoms with E-state index in [0.717, 1.165) is 5.75 Å². The van der Waals surface area contributed by atoms with Crippen molar-refractivity contribution in [3.63, 3.8) is 0 Å². The van der Waals surface area contributed by atoms with E-state index in [0.29, 0.717) is 12.3 Å². The van der Waals surface area contributed by atoms with E-state index in [-0.39, 0.29) is 11.3 Å². The topological polar surface area (TPSA) is 79.7 Å². The summed E-state index contributed by atoms with van der Waals surface area (Å²) >= 11 is 0. The first-order valence-corrected chi connectivity index (χ1v) is 6.60. The van der Waals surface area contributed by atoms with Crippen LogP contribution in [0.5, 0.6) is 5.75 Å². The van der Waals surface area contributed by atoms with Gasteiger partial charge in [0.1, 0.15) is 11.3 Å². The number of aromatic nitrogens is 2. The van der Waals surface area contributed by atoms with Crippen LogP contribution in [0.25, 0.3) is 5.69 Å². The van der Waals surface area contributed by atoms with Crippen LogP contribution in [0.1, 0.15) is 27.8 Å². The maximum Gasteiger partial charge on any atom is 0.359 e. The molecule has 7 heteroatoms. The lowest BCUT2D eigenvalue weighted by Gasteiger charge is -2.04. The van der Waals surface area contributed by atoms with Gasteiger partial charge in [-0.2, -0.15) is 5.10 Å². The van der Waals surface area contributed by atoms with Gasteiger partial charge in [-0.25, -0.2) is 14.3 Å². The second-order valence-corrected chi connectivity index (χ2v) is 4.25. The Morgan fingerprint density at radius 2 is 1.73 bits per heavy atom. The zero-order valence-corrected chi connectivity index (χ0v) is 12.5. The Hall–Kier alpha value is -2.83. The van der Waals surface area contributed by atoms with Gasteiger partial charge < -0.3 is 14.2 Å². The largest absolute Gasteiger partial charge is 0.494 e. The Labute approximate surface area is 127 Å².